The Balaban J connectivity index is 1.25. The zero-order chi connectivity index (χ0) is 23.8. The summed E-state index contributed by atoms with van der Waals surface area (Å²) in [4.78, 5) is 46.2. The third-order valence-electron chi connectivity index (χ3n) is 6.66. The number of halogens is 1. The van der Waals surface area contributed by atoms with Gasteiger partial charge in [-0.05, 0) is 29.8 Å². The third kappa shape index (κ3) is 3.98. The van der Waals surface area contributed by atoms with Crippen molar-refractivity contribution in [3.8, 4) is 0 Å². The number of urea groups is 1. The van der Waals surface area contributed by atoms with Crippen LogP contribution in [0.4, 0.5) is 14.9 Å². The van der Waals surface area contributed by atoms with Crippen LogP contribution >= 0.6 is 0 Å². The van der Waals surface area contributed by atoms with Crippen molar-refractivity contribution in [1.29, 1.82) is 0 Å². The largest absolute Gasteiger partial charge is 0.368 e. The summed E-state index contributed by atoms with van der Waals surface area (Å²) in [5.74, 6) is -0.779. The molecule has 0 saturated carbocycles. The molecular formula is C25H26FN5O3. The second kappa shape index (κ2) is 8.81. The number of imide groups is 1. The van der Waals surface area contributed by atoms with Crippen molar-refractivity contribution in [2.24, 2.45) is 0 Å². The van der Waals surface area contributed by atoms with E-state index >= 15 is 0 Å². The highest BCUT2D eigenvalue weighted by atomic mass is 19.1. The number of nitrogens with zero attached hydrogens (tertiary/aromatic N) is 4. The van der Waals surface area contributed by atoms with Crippen molar-refractivity contribution in [3.63, 3.8) is 0 Å². The number of hydrogen-bond acceptors (Lipinski definition) is 5. The molecule has 176 valence electrons. The molecule has 0 aliphatic carbocycles. The second-order valence-electron chi connectivity index (χ2n) is 8.79. The van der Waals surface area contributed by atoms with Gasteiger partial charge in [-0.1, -0.05) is 30.3 Å². The molecule has 3 aliphatic rings. The van der Waals surface area contributed by atoms with Gasteiger partial charge in [0, 0.05) is 45.1 Å². The van der Waals surface area contributed by atoms with Gasteiger partial charge >= 0.3 is 6.03 Å². The van der Waals surface area contributed by atoms with E-state index in [1.54, 1.807) is 35.2 Å². The van der Waals surface area contributed by atoms with E-state index in [2.05, 4.69) is 10.2 Å². The normalized spacial score (nSPS) is 22.5. The minimum atomic E-state index is -0.681. The van der Waals surface area contributed by atoms with Crippen LogP contribution in [0, 0.1) is 5.82 Å². The summed E-state index contributed by atoms with van der Waals surface area (Å²) in [6.07, 6.45) is 1.67. The first-order valence-corrected chi connectivity index (χ1v) is 11.3. The molecule has 0 spiro atoms. The molecule has 3 heterocycles. The average molecular weight is 464 g/mol. The van der Waals surface area contributed by atoms with Gasteiger partial charge in [-0.15, -0.1) is 0 Å². The molecule has 34 heavy (non-hydrogen) atoms. The Morgan fingerprint density at radius 1 is 1.00 bits per heavy atom. The summed E-state index contributed by atoms with van der Waals surface area (Å²) in [6, 6.07) is 13.8. The molecule has 8 nitrogen and oxygen atoms in total. The minimum absolute atomic E-state index is 0.178. The van der Waals surface area contributed by atoms with Crippen LogP contribution in [0.15, 0.2) is 66.4 Å². The number of amides is 4. The predicted octanol–water partition coefficient (Wildman–Crippen LogP) is 1.79. The Hall–Kier alpha value is -3.88. The van der Waals surface area contributed by atoms with Crippen LogP contribution in [0.1, 0.15) is 5.56 Å². The lowest BCUT2D eigenvalue weighted by Crippen LogP contribution is -2.65. The van der Waals surface area contributed by atoms with Gasteiger partial charge in [0.15, 0.2) is 0 Å². The number of fused-ring (bicyclic) bond motifs is 1. The lowest BCUT2D eigenvalue weighted by atomic mass is 9.98. The van der Waals surface area contributed by atoms with Crippen molar-refractivity contribution >= 4 is 23.5 Å². The Bertz CT molecular complexity index is 1130. The topological polar surface area (TPSA) is 76.2 Å². The maximum atomic E-state index is 13.4. The number of carbonyl (C=O) groups is 3. The quantitative estimate of drug-likeness (QED) is 0.749. The fourth-order valence-corrected chi connectivity index (χ4v) is 4.84. The zero-order valence-corrected chi connectivity index (χ0v) is 18.9. The van der Waals surface area contributed by atoms with Crippen LogP contribution in [0.25, 0.3) is 0 Å². The second-order valence-corrected chi connectivity index (χ2v) is 8.79. The van der Waals surface area contributed by atoms with Crippen molar-refractivity contribution in [1.82, 2.24) is 20.0 Å². The highest BCUT2D eigenvalue weighted by Gasteiger charge is 2.49. The summed E-state index contributed by atoms with van der Waals surface area (Å²) in [5, 5.41) is 2.88. The van der Waals surface area contributed by atoms with Crippen molar-refractivity contribution in [2.75, 3.05) is 38.1 Å². The molecule has 3 aliphatic heterocycles. The molecule has 2 unspecified atom stereocenters. The van der Waals surface area contributed by atoms with Gasteiger partial charge in [-0.3, -0.25) is 14.5 Å². The Morgan fingerprint density at radius 2 is 1.68 bits per heavy atom. The maximum absolute atomic E-state index is 13.4. The number of rotatable bonds is 4. The molecule has 2 saturated heterocycles. The molecule has 0 aromatic heterocycles. The van der Waals surface area contributed by atoms with E-state index in [0.717, 1.165) is 11.3 Å². The number of carbonyl (C=O) groups excluding carboxylic acids is 3. The Kier molecular flexibility index (Phi) is 5.69. The molecule has 2 aromatic carbocycles. The van der Waals surface area contributed by atoms with E-state index in [9.17, 15) is 18.8 Å². The standard InChI is InChI=1S/C25H26FN5O3/c1-28-16-20(23(32)30-13-11-29(12-14-30)19-9-7-18(26)8-10-19)21-22(28)24(33)31(25(34)27-21)15-17-5-3-2-4-6-17/h2-10,16,21-22H,11-15H2,1H3,(H,27,34). The predicted molar refractivity (Wildman–Crippen MR) is 124 cm³/mol. The van der Waals surface area contributed by atoms with Gasteiger partial charge in [0.05, 0.1) is 18.2 Å². The highest BCUT2D eigenvalue weighted by Crippen LogP contribution is 2.29. The van der Waals surface area contributed by atoms with E-state index in [0.29, 0.717) is 31.8 Å². The van der Waals surface area contributed by atoms with Crippen LogP contribution in [-0.2, 0) is 16.1 Å². The highest BCUT2D eigenvalue weighted by molar-refractivity contribution is 6.05. The molecule has 5 rings (SSSR count). The summed E-state index contributed by atoms with van der Waals surface area (Å²) < 4.78 is 13.2. The molecule has 0 radical (unpaired) electrons. The number of likely N-dealkylation sites (N-methyl/N-ethyl adjacent to an activating group) is 1. The van der Waals surface area contributed by atoms with Gasteiger partial charge in [0.25, 0.3) is 11.8 Å². The molecule has 1 N–H and O–H groups in total. The van der Waals surface area contributed by atoms with Gasteiger partial charge in [0.1, 0.15) is 11.9 Å². The van der Waals surface area contributed by atoms with Gasteiger partial charge in [0.2, 0.25) is 0 Å². The molecule has 2 aromatic rings. The summed E-state index contributed by atoms with van der Waals surface area (Å²) in [6.45, 7) is 2.40. The minimum Gasteiger partial charge on any atom is -0.368 e. The summed E-state index contributed by atoms with van der Waals surface area (Å²) >= 11 is 0. The van der Waals surface area contributed by atoms with E-state index in [1.165, 1.54) is 17.0 Å². The Morgan fingerprint density at radius 3 is 2.35 bits per heavy atom. The maximum Gasteiger partial charge on any atom is 0.325 e. The van der Waals surface area contributed by atoms with Crippen molar-refractivity contribution < 1.29 is 18.8 Å². The molecular weight excluding hydrogens is 437 g/mol. The number of anilines is 1. The first-order valence-electron chi connectivity index (χ1n) is 11.3. The van der Waals surface area contributed by atoms with Crippen LogP contribution in [0.2, 0.25) is 0 Å². The lowest BCUT2D eigenvalue weighted by molar-refractivity contribution is -0.135. The summed E-state index contributed by atoms with van der Waals surface area (Å²) in [5.41, 5.74) is 2.19. The molecule has 2 fully saturated rings. The smallest absolute Gasteiger partial charge is 0.325 e. The van der Waals surface area contributed by atoms with Crippen molar-refractivity contribution in [2.45, 2.75) is 18.6 Å². The lowest BCUT2D eigenvalue weighted by Gasteiger charge is -2.39. The fourth-order valence-electron chi connectivity index (χ4n) is 4.84. The van der Waals surface area contributed by atoms with E-state index < -0.39 is 18.1 Å². The fraction of sp³-hybridized carbons (Fsp3) is 0.320. The van der Waals surface area contributed by atoms with E-state index in [-0.39, 0.29) is 24.2 Å². The zero-order valence-electron chi connectivity index (χ0n) is 18.9. The molecule has 4 amide bonds. The first kappa shape index (κ1) is 21.9. The van der Waals surface area contributed by atoms with Gasteiger partial charge < -0.3 is 20.0 Å². The van der Waals surface area contributed by atoms with Crippen molar-refractivity contribution in [3.05, 3.63) is 77.8 Å². The SMILES string of the molecule is CN1C=C(C(=O)N2CCN(c3ccc(F)cc3)CC2)C2NC(=O)N(Cc3ccccc3)C(=O)C21. The number of hydrogen-bond donors (Lipinski definition) is 1. The van der Waals surface area contributed by atoms with Crippen LogP contribution < -0.4 is 10.2 Å². The molecule has 9 heteroatoms. The number of nitrogens with one attached hydrogen (secondary N) is 1. The summed E-state index contributed by atoms with van der Waals surface area (Å²) in [7, 11) is 1.75. The average Bonchev–Trinajstić information content (AvgIpc) is 3.18. The molecule has 2 atom stereocenters. The van der Waals surface area contributed by atoms with Crippen LogP contribution in [-0.4, -0.2) is 77.9 Å². The first-order chi connectivity index (χ1) is 16.4. The third-order valence-corrected chi connectivity index (χ3v) is 6.66. The van der Waals surface area contributed by atoms with E-state index in [4.69, 9.17) is 0 Å². The number of piperazine rings is 1. The Labute approximate surface area is 197 Å². The number of benzene rings is 2. The van der Waals surface area contributed by atoms with Gasteiger partial charge in [-0.25, -0.2) is 9.18 Å². The molecule has 0 bridgehead atoms. The monoisotopic (exact) mass is 463 g/mol. The van der Waals surface area contributed by atoms with Crippen LogP contribution in [0.5, 0.6) is 0 Å². The van der Waals surface area contributed by atoms with Gasteiger partial charge in [-0.2, -0.15) is 0 Å². The van der Waals surface area contributed by atoms with Crippen LogP contribution in [0.3, 0.4) is 0 Å². The van der Waals surface area contributed by atoms with E-state index in [1.807, 2.05) is 30.3 Å².